The van der Waals surface area contributed by atoms with Crippen LogP contribution < -0.4 is 5.32 Å². The highest BCUT2D eigenvalue weighted by atomic mass is 16.6. The molecule has 2 nitrogen and oxygen atoms in total. The van der Waals surface area contributed by atoms with Crippen molar-refractivity contribution in [2.24, 2.45) is 0 Å². The monoisotopic (exact) mass is 115 g/mol. The van der Waals surface area contributed by atoms with E-state index in [0.717, 1.165) is 13.2 Å². The van der Waals surface area contributed by atoms with Gasteiger partial charge in [0.15, 0.2) is 0 Å². The molecule has 1 N–H and O–H groups in total. The first-order chi connectivity index (χ1) is 3.77. The van der Waals surface area contributed by atoms with Gasteiger partial charge in [0.2, 0.25) is 0 Å². The Kier molecular flexibility index (Phi) is 1.54. The van der Waals surface area contributed by atoms with Gasteiger partial charge in [-0.2, -0.15) is 0 Å². The molecule has 0 saturated carbocycles. The van der Waals surface area contributed by atoms with Crippen LogP contribution in [0.3, 0.4) is 0 Å². The highest BCUT2D eigenvalue weighted by Crippen LogP contribution is 2.20. The molecule has 1 rings (SSSR count). The van der Waals surface area contributed by atoms with Crippen LogP contribution >= 0.6 is 0 Å². The molecule has 1 fully saturated rings. The van der Waals surface area contributed by atoms with E-state index >= 15 is 0 Å². The Balaban J connectivity index is 2.01. The molecule has 0 bridgehead atoms. The average molecular weight is 115 g/mol. The lowest BCUT2D eigenvalue weighted by molar-refractivity contribution is 0.276. The molecule has 1 aliphatic heterocycles. The maximum atomic E-state index is 5.09. The van der Waals surface area contributed by atoms with Gasteiger partial charge in [0.05, 0.1) is 6.61 Å². The number of epoxide rings is 1. The number of hydrogen-bond donors (Lipinski definition) is 1. The van der Waals surface area contributed by atoms with E-state index in [4.69, 9.17) is 4.74 Å². The molecule has 1 unspecified atom stereocenters. The first-order valence-corrected chi connectivity index (χ1v) is 3.16. The van der Waals surface area contributed by atoms with E-state index in [0.29, 0.717) is 0 Å². The lowest BCUT2D eigenvalue weighted by atomic mass is 10.3. The van der Waals surface area contributed by atoms with E-state index in [1.165, 1.54) is 6.42 Å². The molecule has 0 aromatic heterocycles. The van der Waals surface area contributed by atoms with Gasteiger partial charge in [0.25, 0.3) is 0 Å². The van der Waals surface area contributed by atoms with Crippen LogP contribution in [-0.2, 0) is 4.74 Å². The Labute approximate surface area is 50.2 Å². The molecule has 0 aromatic rings. The Hall–Kier alpha value is -0.0800. The van der Waals surface area contributed by atoms with Crippen molar-refractivity contribution in [2.45, 2.75) is 26.0 Å². The Morgan fingerprint density at radius 1 is 1.75 bits per heavy atom. The summed E-state index contributed by atoms with van der Waals surface area (Å²) in [6.07, 6.45) is 1.18. The maximum absolute atomic E-state index is 5.09. The van der Waals surface area contributed by atoms with E-state index in [1.807, 2.05) is 0 Å². The zero-order chi connectivity index (χ0) is 6.04. The van der Waals surface area contributed by atoms with Crippen LogP contribution in [0, 0.1) is 0 Å². The quantitative estimate of drug-likeness (QED) is 0.548. The third-order valence-electron chi connectivity index (χ3n) is 1.33. The molecule has 0 aliphatic carbocycles. The SMILES string of the molecule is CCCNC1(C)CO1. The summed E-state index contributed by atoms with van der Waals surface area (Å²) >= 11 is 0. The zero-order valence-electron chi connectivity index (χ0n) is 5.53. The predicted octanol–water partition coefficient (Wildman–Crippen LogP) is 0.732. The van der Waals surface area contributed by atoms with Crippen LogP contribution in [0.25, 0.3) is 0 Å². The molecule has 1 aliphatic rings. The molecule has 0 radical (unpaired) electrons. The molecule has 1 atom stereocenters. The fourth-order valence-corrected chi connectivity index (χ4v) is 0.600. The summed E-state index contributed by atoms with van der Waals surface area (Å²) < 4.78 is 5.09. The van der Waals surface area contributed by atoms with E-state index in [-0.39, 0.29) is 5.72 Å². The van der Waals surface area contributed by atoms with E-state index in [1.54, 1.807) is 0 Å². The van der Waals surface area contributed by atoms with Crippen molar-refractivity contribution in [1.82, 2.24) is 5.32 Å². The van der Waals surface area contributed by atoms with E-state index in [2.05, 4.69) is 19.2 Å². The van der Waals surface area contributed by atoms with Crippen molar-refractivity contribution in [1.29, 1.82) is 0 Å². The number of rotatable bonds is 3. The van der Waals surface area contributed by atoms with Crippen molar-refractivity contribution in [3.8, 4) is 0 Å². The molecule has 48 valence electrons. The van der Waals surface area contributed by atoms with Gasteiger partial charge >= 0.3 is 0 Å². The second kappa shape index (κ2) is 2.03. The molecule has 1 heterocycles. The molecule has 2 heteroatoms. The van der Waals surface area contributed by atoms with Gasteiger partial charge in [-0.1, -0.05) is 6.92 Å². The first-order valence-electron chi connectivity index (χ1n) is 3.16. The molecular weight excluding hydrogens is 102 g/mol. The van der Waals surface area contributed by atoms with Crippen LogP contribution in [0.5, 0.6) is 0 Å². The standard InChI is InChI=1S/C6H13NO/c1-3-4-7-6(2)5-8-6/h7H,3-5H2,1-2H3. The van der Waals surface area contributed by atoms with Crippen molar-refractivity contribution >= 4 is 0 Å². The summed E-state index contributed by atoms with van der Waals surface area (Å²) in [4.78, 5) is 0. The second-order valence-corrected chi connectivity index (χ2v) is 2.45. The summed E-state index contributed by atoms with van der Waals surface area (Å²) in [5, 5.41) is 3.26. The van der Waals surface area contributed by atoms with E-state index in [9.17, 15) is 0 Å². The van der Waals surface area contributed by atoms with Gasteiger partial charge < -0.3 is 4.74 Å². The topological polar surface area (TPSA) is 24.6 Å². The molecule has 0 amide bonds. The molecule has 0 aromatic carbocycles. The highest BCUT2D eigenvalue weighted by Gasteiger charge is 2.37. The summed E-state index contributed by atoms with van der Waals surface area (Å²) in [5.41, 5.74) is 0.0516. The van der Waals surface area contributed by atoms with Crippen LogP contribution in [-0.4, -0.2) is 18.9 Å². The average Bonchev–Trinajstić information content (AvgIpc) is 2.45. The minimum absolute atomic E-state index is 0.0516. The predicted molar refractivity (Wildman–Crippen MR) is 32.7 cm³/mol. The van der Waals surface area contributed by atoms with Gasteiger partial charge in [-0.05, 0) is 19.9 Å². The van der Waals surface area contributed by atoms with Crippen LogP contribution in [0.4, 0.5) is 0 Å². The van der Waals surface area contributed by atoms with Crippen LogP contribution in [0.1, 0.15) is 20.3 Å². The van der Waals surface area contributed by atoms with Gasteiger partial charge in [0.1, 0.15) is 5.72 Å². The van der Waals surface area contributed by atoms with Crippen molar-refractivity contribution < 1.29 is 4.74 Å². The van der Waals surface area contributed by atoms with Gasteiger partial charge in [-0.25, -0.2) is 0 Å². The summed E-state index contributed by atoms with van der Waals surface area (Å²) in [6.45, 7) is 6.17. The largest absolute Gasteiger partial charge is 0.354 e. The van der Waals surface area contributed by atoms with Gasteiger partial charge in [-0.15, -0.1) is 0 Å². The first kappa shape index (κ1) is 6.05. The van der Waals surface area contributed by atoms with Crippen LogP contribution in [0.15, 0.2) is 0 Å². The summed E-state index contributed by atoms with van der Waals surface area (Å²) in [6, 6.07) is 0. The fraction of sp³-hybridized carbons (Fsp3) is 1.00. The summed E-state index contributed by atoms with van der Waals surface area (Å²) in [5.74, 6) is 0. The lowest BCUT2D eigenvalue weighted by Gasteiger charge is -2.04. The highest BCUT2D eigenvalue weighted by molar-refractivity contribution is 4.82. The normalized spacial score (nSPS) is 35.2. The van der Waals surface area contributed by atoms with Gasteiger partial charge in [-0.3, -0.25) is 5.32 Å². The van der Waals surface area contributed by atoms with Crippen molar-refractivity contribution in [2.75, 3.05) is 13.2 Å². The van der Waals surface area contributed by atoms with Crippen LogP contribution in [0.2, 0.25) is 0 Å². The maximum Gasteiger partial charge on any atom is 0.140 e. The van der Waals surface area contributed by atoms with Gasteiger partial charge in [0, 0.05) is 0 Å². The number of nitrogens with one attached hydrogen (secondary N) is 1. The van der Waals surface area contributed by atoms with Crippen molar-refractivity contribution in [3.63, 3.8) is 0 Å². The molecular formula is C6H13NO. The fourth-order valence-electron chi connectivity index (χ4n) is 0.600. The molecule has 0 spiro atoms. The Bertz CT molecular complexity index is 78.6. The Morgan fingerprint density at radius 3 is 2.75 bits per heavy atom. The van der Waals surface area contributed by atoms with Crippen molar-refractivity contribution in [3.05, 3.63) is 0 Å². The minimum atomic E-state index is 0.0516. The molecule has 1 saturated heterocycles. The third kappa shape index (κ3) is 1.46. The second-order valence-electron chi connectivity index (χ2n) is 2.45. The Morgan fingerprint density at radius 2 is 2.38 bits per heavy atom. The zero-order valence-corrected chi connectivity index (χ0v) is 5.53. The number of ether oxygens (including phenoxy) is 1. The smallest absolute Gasteiger partial charge is 0.140 e. The molecule has 8 heavy (non-hydrogen) atoms. The lowest BCUT2D eigenvalue weighted by Crippen LogP contribution is -2.29. The number of hydrogen-bond acceptors (Lipinski definition) is 2. The van der Waals surface area contributed by atoms with E-state index < -0.39 is 0 Å². The third-order valence-corrected chi connectivity index (χ3v) is 1.33. The minimum Gasteiger partial charge on any atom is -0.354 e. The summed E-state index contributed by atoms with van der Waals surface area (Å²) in [7, 11) is 0.